The van der Waals surface area contributed by atoms with E-state index in [1.165, 1.54) is 0 Å². The monoisotopic (exact) mass is 362 g/mol. The van der Waals surface area contributed by atoms with Gasteiger partial charge < -0.3 is 10.6 Å². The molecule has 1 aromatic rings. The highest BCUT2D eigenvalue weighted by molar-refractivity contribution is 6.41. The van der Waals surface area contributed by atoms with Crippen LogP contribution >= 0.6 is 11.6 Å². The molecule has 0 saturated heterocycles. The molecule has 2 amide bonds. The van der Waals surface area contributed by atoms with Crippen LogP contribution in [0.1, 0.15) is 38.2 Å². The highest BCUT2D eigenvalue weighted by Crippen LogP contribution is 2.33. The van der Waals surface area contributed by atoms with Crippen LogP contribution in [0, 0.1) is 5.92 Å². The van der Waals surface area contributed by atoms with Gasteiger partial charge in [0.25, 0.3) is 0 Å². The topological polar surface area (TPSA) is 58.2 Å². The molecule has 8 heteroatoms. The van der Waals surface area contributed by atoms with Gasteiger partial charge in [0.1, 0.15) is 0 Å². The molecule has 2 atom stereocenters. The zero-order valence-corrected chi connectivity index (χ0v) is 13.8. The lowest BCUT2D eigenvalue weighted by Gasteiger charge is -2.29. The summed E-state index contributed by atoms with van der Waals surface area (Å²) < 4.78 is 38.1. The molecule has 132 valence electrons. The van der Waals surface area contributed by atoms with Crippen molar-refractivity contribution in [3.8, 4) is 0 Å². The van der Waals surface area contributed by atoms with Gasteiger partial charge in [-0.1, -0.05) is 31.4 Å². The number of hydrogen-bond acceptors (Lipinski definition) is 2. The van der Waals surface area contributed by atoms with Gasteiger partial charge in [0, 0.05) is 6.04 Å². The summed E-state index contributed by atoms with van der Waals surface area (Å²) in [7, 11) is 0. The lowest BCUT2D eigenvalue weighted by molar-refractivity contribution is -0.137. The second-order valence-corrected chi connectivity index (χ2v) is 6.40. The van der Waals surface area contributed by atoms with Crippen LogP contribution in [0.25, 0.3) is 0 Å². The number of carbonyl (C=O) groups excluding carboxylic acids is 2. The molecule has 4 nitrogen and oxygen atoms in total. The van der Waals surface area contributed by atoms with Crippen molar-refractivity contribution in [3.63, 3.8) is 0 Å². The number of alkyl halides is 3. The van der Waals surface area contributed by atoms with Gasteiger partial charge in [-0.3, -0.25) is 9.59 Å². The quantitative estimate of drug-likeness (QED) is 0.781. The summed E-state index contributed by atoms with van der Waals surface area (Å²) in [5.41, 5.74) is -1.20. The number of halogens is 4. The Balaban J connectivity index is 2.04. The molecule has 24 heavy (non-hydrogen) atoms. The molecule has 0 heterocycles. The first-order valence-corrected chi connectivity index (χ1v) is 8.05. The van der Waals surface area contributed by atoms with Crippen molar-refractivity contribution >= 4 is 29.1 Å². The number of amides is 2. The van der Waals surface area contributed by atoms with Crippen LogP contribution in [0.3, 0.4) is 0 Å². The van der Waals surface area contributed by atoms with E-state index in [1.54, 1.807) is 0 Å². The van der Waals surface area contributed by atoms with E-state index < -0.39 is 23.6 Å². The van der Waals surface area contributed by atoms with Crippen LogP contribution in [-0.4, -0.2) is 17.9 Å². The van der Waals surface area contributed by atoms with Crippen LogP contribution in [-0.2, 0) is 15.8 Å². The smallest absolute Gasteiger partial charge is 0.345 e. The maximum Gasteiger partial charge on any atom is 0.416 e. The number of benzene rings is 1. The van der Waals surface area contributed by atoms with Crippen LogP contribution < -0.4 is 10.6 Å². The Morgan fingerprint density at radius 1 is 1.17 bits per heavy atom. The molecule has 2 rings (SSSR count). The third kappa shape index (κ3) is 4.63. The Morgan fingerprint density at radius 2 is 1.83 bits per heavy atom. The number of hydrogen-bond donors (Lipinski definition) is 2. The van der Waals surface area contributed by atoms with E-state index in [0.29, 0.717) is 6.07 Å². The van der Waals surface area contributed by atoms with E-state index in [0.717, 1.165) is 37.8 Å². The lowest BCUT2D eigenvalue weighted by atomic mass is 9.86. The van der Waals surface area contributed by atoms with Gasteiger partial charge in [-0.25, -0.2) is 0 Å². The van der Waals surface area contributed by atoms with E-state index in [9.17, 15) is 22.8 Å². The summed E-state index contributed by atoms with van der Waals surface area (Å²) in [5, 5.41) is 4.71. The molecule has 1 aliphatic rings. The fourth-order valence-electron chi connectivity index (χ4n) is 2.74. The SMILES string of the molecule is C[C@@H]1CCCC[C@@H]1NC(=O)C(=O)Nc1cc(C(F)(F)F)ccc1Cl. The van der Waals surface area contributed by atoms with Crippen molar-refractivity contribution < 1.29 is 22.8 Å². The van der Waals surface area contributed by atoms with Crippen LogP contribution in [0.15, 0.2) is 18.2 Å². The molecule has 1 saturated carbocycles. The molecule has 1 aromatic carbocycles. The zero-order chi connectivity index (χ0) is 17.9. The summed E-state index contributed by atoms with van der Waals surface area (Å²) >= 11 is 5.80. The van der Waals surface area contributed by atoms with E-state index in [-0.39, 0.29) is 22.7 Å². The Labute approximate surface area is 142 Å². The summed E-state index contributed by atoms with van der Waals surface area (Å²) in [4.78, 5) is 23.9. The molecular formula is C16H18ClF3N2O2. The van der Waals surface area contributed by atoms with Gasteiger partial charge >= 0.3 is 18.0 Å². The fraction of sp³-hybridized carbons (Fsp3) is 0.500. The number of nitrogens with one attached hydrogen (secondary N) is 2. The van der Waals surface area contributed by atoms with Crippen LogP contribution in [0.2, 0.25) is 5.02 Å². The van der Waals surface area contributed by atoms with E-state index >= 15 is 0 Å². The average molecular weight is 363 g/mol. The maximum atomic E-state index is 12.7. The van der Waals surface area contributed by atoms with Gasteiger partial charge in [-0.05, 0) is 37.0 Å². The van der Waals surface area contributed by atoms with Gasteiger partial charge in [0.05, 0.1) is 16.3 Å². The minimum atomic E-state index is -4.57. The predicted molar refractivity (Wildman–Crippen MR) is 84.6 cm³/mol. The molecule has 0 aromatic heterocycles. The number of anilines is 1. The average Bonchev–Trinajstić information content (AvgIpc) is 2.50. The molecule has 0 aliphatic heterocycles. The second kappa shape index (κ2) is 7.42. The third-order valence-electron chi connectivity index (χ3n) is 4.18. The molecule has 1 aliphatic carbocycles. The predicted octanol–water partition coefficient (Wildman–Crippen LogP) is 3.99. The lowest BCUT2D eigenvalue weighted by Crippen LogP contribution is -2.45. The summed E-state index contributed by atoms with van der Waals surface area (Å²) in [5.74, 6) is -1.65. The van der Waals surface area contributed by atoms with Crippen molar-refractivity contribution in [2.24, 2.45) is 5.92 Å². The van der Waals surface area contributed by atoms with Crippen molar-refractivity contribution in [2.75, 3.05) is 5.32 Å². The second-order valence-electron chi connectivity index (χ2n) is 5.99. The van der Waals surface area contributed by atoms with E-state index in [1.807, 2.05) is 6.92 Å². The zero-order valence-electron chi connectivity index (χ0n) is 13.0. The maximum absolute atomic E-state index is 12.7. The highest BCUT2D eigenvalue weighted by atomic mass is 35.5. The summed E-state index contributed by atoms with van der Waals surface area (Å²) in [6.45, 7) is 1.99. The highest BCUT2D eigenvalue weighted by Gasteiger charge is 2.31. The Kier molecular flexibility index (Phi) is 5.74. The van der Waals surface area contributed by atoms with Gasteiger partial charge in [-0.2, -0.15) is 13.2 Å². The van der Waals surface area contributed by atoms with Gasteiger partial charge in [0.15, 0.2) is 0 Å². The van der Waals surface area contributed by atoms with Crippen molar-refractivity contribution in [1.29, 1.82) is 0 Å². The fourth-order valence-corrected chi connectivity index (χ4v) is 2.91. The number of rotatable bonds is 2. The largest absolute Gasteiger partial charge is 0.416 e. The standard InChI is InChI=1S/C16H18ClF3N2O2/c1-9-4-2-3-5-12(9)21-14(23)15(24)22-13-8-10(16(18,19)20)6-7-11(13)17/h6-9,12H,2-5H2,1H3,(H,21,23)(H,22,24)/t9-,12+/m1/s1. The molecular weight excluding hydrogens is 345 g/mol. The van der Waals surface area contributed by atoms with E-state index in [2.05, 4.69) is 10.6 Å². The first-order chi connectivity index (χ1) is 11.2. The molecule has 0 bridgehead atoms. The third-order valence-corrected chi connectivity index (χ3v) is 4.51. The minimum absolute atomic E-state index is 0.0739. The molecule has 0 unspecified atom stereocenters. The summed E-state index contributed by atoms with van der Waals surface area (Å²) in [6.07, 6.45) is -0.768. The summed E-state index contributed by atoms with van der Waals surface area (Å²) in [6, 6.07) is 2.44. The number of carbonyl (C=O) groups is 2. The Morgan fingerprint density at radius 3 is 2.46 bits per heavy atom. The first kappa shape index (κ1) is 18.6. The van der Waals surface area contributed by atoms with Crippen molar-refractivity contribution in [2.45, 2.75) is 44.8 Å². The van der Waals surface area contributed by atoms with Gasteiger partial charge in [-0.15, -0.1) is 0 Å². The first-order valence-electron chi connectivity index (χ1n) is 7.67. The molecule has 0 spiro atoms. The minimum Gasteiger partial charge on any atom is -0.345 e. The van der Waals surface area contributed by atoms with Crippen LogP contribution in [0.5, 0.6) is 0 Å². The molecule has 1 fully saturated rings. The Bertz CT molecular complexity index is 634. The van der Waals surface area contributed by atoms with E-state index in [4.69, 9.17) is 11.6 Å². The van der Waals surface area contributed by atoms with Crippen LogP contribution in [0.4, 0.5) is 18.9 Å². The van der Waals surface area contributed by atoms with Gasteiger partial charge in [0.2, 0.25) is 0 Å². The normalized spacial score (nSPS) is 21.2. The molecule has 0 radical (unpaired) electrons. The van der Waals surface area contributed by atoms with Crippen molar-refractivity contribution in [1.82, 2.24) is 5.32 Å². The van der Waals surface area contributed by atoms with Crippen molar-refractivity contribution in [3.05, 3.63) is 28.8 Å². The Hall–Kier alpha value is -1.76. The molecule has 2 N–H and O–H groups in total.